The highest BCUT2D eigenvalue weighted by Crippen LogP contribution is 2.47. The molecule has 0 aliphatic heterocycles. The number of nitrogens with one attached hydrogen (secondary N) is 3. The molecule has 0 unspecified atom stereocenters. The summed E-state index contributed by atoms with van der Waals surface area (Å²) in [5, 5.41) is 3.80. The fraction of sp³-hybridized carbons (Fsp3) is 0.176. The van der Waals surface area contributed by atoms with Crippen LogP contribution in [0.25, 0.3) is 0 Å². The molecule has 2 atom stereocenters. The summed E-state index contributed by atoms with van der Waals surface area (Å²) in [7, 11) is 0. The Morgan fingerprint density at radius 3 is 2.48 bits per heavy atom. The van der Waals surface area contributed by atoms with Gasteiger partial charge in [-0.25, -0.2) is 0 Å². The minimum atomic E-state index is -0.0536. The van der Waals surface area contributed by atoms with Crippen LogP contribution in [-0.4, -0.2) is 11.0 Å². The predicted octanol–water partition coefficient (Wildman–Crippen LogP) is 3.46. The minimum absolute atomic E-state index is 0.00647. The summed E-state index contributed by atoms with van der Waals surface area (Å²) >= 11 is 11.2. The largest absolute Gasteiger partial charge is 0.330 e. The molecule has 0 bridgehead atoms. The van der Waals surface area contributed by atoms with Crippen molar-refractivity contribution < 1.29 is 4.79 Å². The number of amides is 1. The molecule has 2 aromatic carbocycles. The van der Waals surface area contributed by atoms with Gasteiger partial charge in [0.15, 0.2) is 5.11 Å². The summed E-state index contributed by atoms with van der Waals surface area (Å²) in [6.45, 7) is 0. The van der Waals surface area contributed by atoms with E-state index in [0.29, 0.717) is 21.7 Å². The molecule has 0 heterocycles. The molecule has 0 aromatic heterocycles. The van der Waals surface area contributed by atoms with Gasteiger partial charge >= 0.3 is 0 Å². The van der Waals surface area contributed by atoms with Crippen molar-refractivity contribution >= 4 is 40.5 Å². The lowest BCUT2D eigenvalue weighted by molar-refractivity contribution is -0.122. The third kappa shape index (κ3) is 4.00. The van der Waals surface area contributed by atoms with Crippen molar-refractivity contribution in [2.45, 2.75) is 12.3 Å². The first-order valence-electron chi connectivity index (χ1n) is 7.31. The minimum Gasteiger partial charge on any atom is -0.330 e. The molecule has 2 aromatic rings. The van der Waals surface area contributed by atoms with E-state index in [4.69, 9.17) is 23.8 Å². The number of para-hydroxylation sites is 1. The number of hydrogen-bond donors (Lipinski definition) is 3. The fourth-order valence-electron chi connectivity index (χ4n) is 2.48. The van der Waals surface area contributed by atoms with Gasteiger partial charge < -0.3 is 5.32 Å². The van der Waals surface area contributed by atoms with Gasteiger partial charge in [0, 0.05) is 5.92 Å². The molecule has 0 saturated heterocycles. The maximum Gasteiger partial charge on any atom is 0.242 e. The second-order valence-corrected chi connectivity index (χ2v) is 6.22. The summed E-state index contributed by atoms with van der Waals surface area (Å²) < 4.78 is 0. The number of halogens is 1. The SMILES string of the molecule is O=C(NNC(=S)Nc1ccccc1Cl)[C@@H]1C[C@H]1c1ccccc1. The monoisotopic (exact) mass is 345 g/mol. The lowest BCUT2D eigenvalue weighted by Crippen LogP contribution is -2.44. The van der Waals surface area contributed by atoms with E-state index in [1.807, 2.05) is 36.4 Å². The summed E-state index contributed by atoms with van der Waals surface area (Å²) in [5.41, 5.74) is 7.25. The van der Waals surface area contributed by atoms with Crippen molar-refractivity contribution in [3.8, 4) is 0 Å². The average Bonchev–Trinajstić information content (AvgIpc) is 3.36. The van der Waals surface area contributed by atoms with Gasteiger partial charge in [-0.1, -0.05) is 54.1 Å². The number of hydrazine groups is 1. The van der Waals surface area contributed by atoms with Gasteiger partial charge in [-0.3, -0.25) is 15.6 Å². The molecule has 3 rings (SSSR count). The van der Waals surface area contributed by atoms with Crippen molar-refractivity contribution in [3.05, 3.63) is 65.2 Å². The first kappa shape index (κ1) is 15.8. The molecule has 6 heteroatoms. The van der Waals surface area contributed by atoms with Gasteiger partial charge in [0.1, 0.15) is 0 Å². The van der Waals surface area contributed by atoms with Crippen LogP contribution in [0, 0.1) is 5.92 Å². The Bertz CT molecular complexity index is 723. The average molecular weight is 346 g/mol. The Morgan fingerprint density at radius 1 is 1.04 bits per heavy atom. The quantitative estimate of drug-likeness (QED) is 0.589. The lowest BCUT2D eigenvalue weighted by Gasteiger charge is -2.12. The molecule has 1 amide bonds. The van der Waals surface area contributed by atoms with Crippen molar-refractivity contribution in [3.63, 3.8) is 0 Å². The van der Waals surface area contributed by atoms with Crippen LogP contribution in [-0.2, 0) is 4.79 Å². The Balaban J connectivity index is 1.47. The van der Waals surface area contributed by atoms with Crippen LogP contribution in [0.15, 0.2) is 54.6 Å². The third-order valence-corrected chi connectivity index (χ3v) is 4.31. The Kier molecular flexibility index (Phi) is 4.79. The highest BCUT2D eigenvalue weighted by atomic mass is 35.5. The molecule has 23 heavy (non-hydrogen) atoms. The van der Waals surface area contributed by atoms with Gasteiger partial charge in [-0.2, -0.15) is 0 Å². The number of thiocarbonyl (C=S) groups is 1. The first-order valence-corrected chi connectivity index (χ1v) is 8.10. The van der Waals surface area contributed by atoms with Crippen molar-refractivity contribution in [1.82, 2.24) is 10.9 Å². The second kappa shape index (κ2) is 6.98. The lowest BCUT2D eigenvalue weighted by atomic mass is 10.1. The number of rotatable bonds is 3. The van der Waals surface area contributed by atoms with Crippen LogP contribution in [0.3, 0.4) is 0 Å². The van der Waals surface area contributed by atoms with Crippen LogP contribution in [0.4, 0.5) is 5.69 Å². The van der Waals surface area contributed by atoms with E-state index < -0.39 is 0 Å². The van der Waals surface area contributed by atoms with E-state index >= 15 is 0 Å². The number of benzene rings is 2. The summed E-state index contributed by atoms with van der Waals surface area (Å²) in [6.07, 6.45) is 0.863. The zero-order valence-electron chi connectivity index (χ0n) is 12.3. The van der Waals surface area contributed by atoms with Crippen LogP contribution < -0.4 is 16.2 Å². The zero-order chi connectivity index (χ0) is 16.2. The van der Waals surface area contributed by atoms with E-state index in [0.717, 1.165) is 6.42 Å². The Morgan fingerprint density at radius 2 is 1.74 bits per heavy atom. The molecule has 118 valence electrons. The van der Waals surface area contributed by atoms with Gasteiger partial charge in [-0.05, 0) is 42.3 Å². The smallest absolute Gasteiger partial charge is 0.242 e. The number of carbonyl (C=O) groups excluding carboxylic acids is 1. The predicted molar refractivity (Wildman–Crippen MR) is 96.2 cm³/mol. The Labute approximate surface area is 145 Å². The van der Waals surface area contributed by atoms with Crippen LogP contribution in [0.5, 0.6) is 0 Å². The third-order valence-electron chi connectivity index (χ3n) is 3.78. The number of carbonyl (C=O) groups is 1. The summed E-state index contributed by atoms with van der Waals surface area (Å²) in [5.74, 6) is 0.235. The number of anilines is 1. The van der Waals surface area contributed by atoms with Crippen molar-refractivity contribution in [2.24, 2.45) is 5.92 Å². The molecule has 1 aliphatic rings. The van der Waals surface area contributed by atoms with Crippen LogP contribution in [0.1, 0.15) is 17.9 Å². The van der Waals surface area contributed by atoms with Crippen molar-refractivity contribution in [1.29, 1.82) is 0 Å². The maximum absolute atomic E-state index is 12.1. The number of hydrogen-bond acceptors (Lipinski definition) is 2. The fourth-order valence-corrected chi connectivity index (χ4v) is 2.82. The van der Waals surface area contributed by atoms with E-state index in [9.17, 15) is 4.79 Å². The molecule has 1 fully saturated rings. The van der Waals surface area contributed by atoms with Gasteiger partial charge in [0.05, 0.1) is 10.7 Å². The van der Waals surface area contributed by atoms with E-state index in [2.05, 4.69) is 28.3 Å². The molecular formula is C17H16ClN3OS. The molecule has 3 N–H and O–H groups in total. The highest BCUT2D eigenvalue weighted by Gasteiger charge is 2.43. The van der Waals surface area contributed by atoms with Gasteiger partial charge in [0.2, 0.25) is 5.91 Å². The van der Waals surface area contributed by atoms with Crippen LogP contribution in [0.2, 0.25) is 5.02 Å². The molecule has 1 aliphatic carbocycles. The zero-order valence-corrected chi connectivity index (χ0v) is 13.8. The van der Waals surface area contributed by atoms with E-state index in [1.165, 1.54) is 5.56 Å². The van der Waals surface area contributed by atoms with E-state index in [-0.39, 0.29) is 11.8 Å². The first-order chi connectivity index (χ1) is 11.1. The topological polar surface area (TPSA) is 53.2 Å². The molecule has 0 spiro atoms. The van der Waals surface area contributed by atoms with Gasteiger partial charge in [0.25, 0.3) is 0 Å². The summed E-state index contributed by atoms with van der Waals surface area (Å²) in [4.78, 5) is 12.1. The van der Waals surface area contributed by atoms with E-state index in [1.54, 1.807) is 6.07 Å². The Hall–Kier alpha value is -2.11. The van der Waals surface area contributed by atoms with Gasteiger partial charge in [-0.15, -0.1) is 0 Å². The summed E-state index contributed by atoms with van der Waals surface area (Å²) in [6, 6.07) is 17.3. The molecular weight excluding hydrogens is 330 g/mol. The van der Waals surface area contributed by atoms with Crippen LogP contribution >= 0.6 is 23.8 Å². The second-order valence-electron chi connectivity index (χ2n) is 5.41. The standard InChI is InChI=1S/C17H16ClN3OS/c18-14-8-4-5-9-15(14)19-17(23)21-20-16(22)13-10-12(13)11-6-2-1-3-7-11/h1-9,12-13H,10H2,(H,20,22)(H2,19,21,23)/t12-,13+/m0/s1. The molecule has 4 nitrogen and oxygen atoms in total. The highest BCUT2D eigenvalue weighted by molar-refractivity contribution is 7.80. The molecule has 0 radical (unpaired) electrons. The molecule has 1 saturated carbocycles. The normalized spacial score (nSPS) is 18.8. The maximum atomic E-state index is 12.1. The van der Waals surface area contributed by atoms with Crippen molar-refractivity contribution in [2.75, 3.05) is 5.32 Å².